The minimum atomic E-state index is -0.0844. The number of rotatable bonds is 5. The minimum Gasteiger partial charge on any atom is -0.497 e. The van der Waals surface area contributed by atoms with Crippen molar-refractivity contribution in [2.45, 2.75) is 32.6 Å². The van der Waals surface area contributed by atoms with Gasteiger partial charge in [-0.05, 0) is 31.4 Å². The molecule has 0 radical (unpaired) electrons. The molecule has 0 spiro atoms. The molecule has 1 fully saturated rings. The molecule has 1 aromatic carbocycles. The number of halogens is 1. The second-order valence-corrected chi connectivity index (χ2v) is 6.15. The van der Waals surface area contributed by atoms with Crippen LogP contribution in [-0.4, -0.2) is 36.9 Å². The van der Waals surface area contributed by atoms with E-state index in [0.717, 1.165) is 6.42 Å². The zero-order chi connectivity index (χ0) is 16.8. The molecule has 1 N–H and O–H groups in total. The molecule has 126 valence electrons. The molecule has 2 amide bonds. The second-order valence-electron chi connectivity index (χ2n) is 5.74. The van der Waals surface area contributed by atoms with Gasteiger partial charge in [0.2, 0.25) is 11.8 Å². The Kier molecular flexibility index (Phi) is 6.28. The predicted molar refractivity (Wildman–Crippen MR) is 90.8 cm³/mol. The molecule has 1 saturated heterocycles. The number of carbonyl (C=O) groups is 2. The van der Waals surface area contributed by atoms with Gasteiger partial charge >= 0.3 is 0 Å². The van der Waals surface area contributed by atoms with E-state index in [1.807, 2.05) is 11.8 Å². The van der Waals surface area contributed by atoms with Crippen LogP contribution in [0.5, 0.6) is 5.75 Å². The summed E-state index contributed by atoms with van der Waals surface area (Å²) in [5.74, 6) is 0.707. The SMILES string of the molecule is CCCC(=O)N1CCC(C(=O)Nc2ccc(OC)cc2Cl)CC1. The summed E-state index contributed by atoms with van der Waals surface area (Å²) in [6.07, 6.45) is 2.82. The monoisotopic (exact) mass is 338 g/mol. The molecule has 0 atom stereocenters. The van der Waals surface area contributed by atoms with E-state index < -0.39 is 0 Å². The zero-order valence-electron chi connectivity index (χ0n) is 13.6. The van der Waals surface area contributed by atoms with Crippen molar-refractivity contribution in [2.75, 3.05) is 25.5 Å². The van der Waals surface area contributed by atoms with Gasteiger partial charge in [0.1, 0.15) is 5.75 Å². The van der Waals surface area contributed by atoms with Gasteiger partial charge in [0.05, 0.1) is 17.8 Å². The number of ether oxygens (including phenoxy) is 1. The highest BCUT2D eigenvalue weighted by molar-refractivity contribution is 6.33. The Labute approximate surface area is 141 Å². The van der Waals surface area contributed by atoms with Crippen molar-refractivity contribution in [3.63, 3.8) is 0 Å². The normalized spacial score (nSPS) is 15.3. The number of anilines is 1. The van der Waals surface area contributed by atoms with Gasteiger partial charge in [0.15, 0.2) is 0 Å². The van der Waals surface area contributed by atoms with E-state index in [-0.39, 0.29) is 17.7 Å². The molecule has 1 aliphatic heterocycles. The van der Waals surface area contributed by atoms with Crippen LogP contribution < -0.4 is 10.1 Å². The van der Waals surface area contributed by atoms with Crippen molar-refractivity contribution in [2.24, 2.45) is 5.92 Å². The fourth-order valence-corrected chi connectivity index (χ4v) is 2.94. The molecule has 1 heterocycles. The summed E-state index contributed by atoms with van der Waals surface area (Å²) in [6, 6.07) is 5.16. The van der Waals surface area contributed by atoms with E-state index in [4.69, 9.17) is 16.3 Å². The fourth-order valence-electron chi connectivity index (χ4n) is 2.72. The van der Waals surface area contributed by atoms with Crippen LogP contribution in [0.4, 0.5) is 5.69 Å². The van der Waals surface area contributed by atoms with Crippen LogP contribution >= 0.6 is 11.6 Å². The van der Waals surface area contributed by atoms with E-state index in [2.05, 4.69) is 5.32 Å². The molecule has 0 unspecified atom stereocenters. The molecule has 5 nitrogen and oxygen atoms in total. The van der Waals surface area contributed by atoms with Crippen molar-refractivity contribution < 1.29 is 14.3 Å². The van der Waals surface area contributed by atoms with Crippen LogP contribution in [0.1, 0.15) is 32.6 Å². The molecule has 23 heavy (non-hydrogen) atoms. The van der Waals surface area contributed by atoms with E-state index in [1.165, 1.54) is 0 Å². The smallest absolute Gasteiger partial charge is 0.227 e. The van der Waals surface area contributed by atoms with E-state index in [1.54, 1.807) is 25.3 Å². The highest BCUT2D eigenvalue weighted by atomic mass is 35.5. The van der Waals surface area contributed by atoms with Crippen molar-refractivity contribution in [3.05, 3.63) is 23.2 Å². The molecule has 0 aromatic heterocycles. The summed E-state index contributed by atoms with van der Waals surface area (Å²) < 4.78 is 5.09. The van der Waals surface area contributed by atoms with E-state index in [0.29, 0.717) is 48.8 Å². The number of carbonyl (C=O) groups excluding carboxylic acids is 2. The summed E-state index contributed by atoms with van der Waals surface area (Å²) in [5, 5.41) is 3.32. The van der Waals surface area contributed by atoms with Crippen molar-refractivity contribution in [1.29, 1.82) is 0 Å². The van der Waals surface area contributed by atoms with Gasteiger partial charge in [-0.3, -0.25) is 9.59 Å². The number of hydrogen-bond acceptors (Lipinski definition) is 3. The first-order valence-corrected chi connectivity index (χ1v) is 8.35. The lowest BCUT2D eigenvalue weighted by atomic mass is 9.95. The molecule has 6 heteroatoms. The van der Waals surface area contributed by atoms with Crippen LogP contribution in [-0.2, 0) is 9.59 Å². The molecule has 0 aliphatic carbocycles. The van der Waals surface area contributed by atoms with Crippen molar-refractivity contribution in [3.8, 4) is 5.75 Å². The number of amides is 2. The quantitative estimate of drug-likeness (QED) is 0.895. The number of benzene rings is 1. The predicted octanol–water partition coefficient (Wildman–Crippen LogP) is 3.33. The average molecular weight is 339 g/mol. The molecule has 0 saturated carbocycles. The third-order valence-corrected chi connectivity index (χ3v) is 4.43. The number of hydrogen-bond donors (Lipinski definition) is 1. The van der Waals surface area contributed by atoms with Gasteiger partial charge in [0, 0.05) is 31.5 Å². The Bertz CT molecular complexity index is 569. The van der Waals surface area contributed by atoms with Crippen LogP contribution in [0.25, 0.3) is 0 Å². The molecule has 0 bridgehead atoms. The summed E-state index contributed by atoms with van der Waals surface area (Å²) in [7, 11) is 1.57. The first kappa shape index (κ1) is 17.6. The number of piperidine rings is 1. The third kappa shape index (κ3) is 4.61. The molecule has 1 aromatic rings. The summed E-state index contributed by atoms with van der Waals surface area (Å²) >= 11 is 6.14. The first-order chi connectivity index (χ1) is 11.0. The molecule has 2 rings (SSSR count). The lowest BCUT2D eigenvalue weighted by Crippen LogP contribution is -2.41. The Morgan fingerprint density at radius 3 is 2.61 bits per heavy atom. The van der Waals surface area contributed by atoms with Gasteiger partial charge in [-0.2, -0.15) is 0 Å². The highest BCUT2D eigenvalue weighted by Gasteiger charge is 2.27. The van der Waals surface area contributed by atoms with Gasteiger partial charge in [-0.25, -0.2) is 0 Å². The van der Waals surface area contributed by atoms with Gasteiger partial charge < -0.3 is 15.0 Å². The Hall–Kier alpha value is -1.75. The molecule has 1 aliphatic rings. The van der Waals surface area contributed by atoms with E-state index >= 15 is 0 Å². The third-order valence-electron chi connectivity index (χ3n) is 4.12. The van der Waals surface area contributed by atoms with Gasteiger partial charge in [-0.15, -0.1) is 0 Å². The number of nitrogens with one attached hydrogen (secondary N) is 1. The Balaban J connectivity index is 1.89. The lowest BCUT2D eigenvalue weighted by molar-refractivity contribution is -0.134. The van der Waals surface area contributed by atoms with Crippen molar-refractivity contribution >= 4 is 29.1 Å². The molecular weight excluding hydrogens is 316 g/mol. The number of likely N-dealkylation sites (tertiary alicyclic amines) is 1. The Morgan fingerprint density at radius 2 is 2.04 bits per heavy atom. The summed E-state index contributed by atoms with van der Waals surface area (Å²) in [4.78, 5) is 26.1. The average Bonchev–Trinajstić information content (AvgIpc) is 2.57. The van der Waals surface area contributed by atoms with Crippen LogP contribution in [0.15, 0.2) is 18.2 Å². The van der Waals surface area contributed by atoms with Crippen LogP contribution in [0.2, 0.25) is 5.02 Å². The zero-order valence-corrected chi connectivity index (χ0v) is 14.4. The highest BCUT2D eigenvalue weighted by Crippen LogP contribution is 2.28. The number of methoxy groups -OCH3 is 1. The second kappa shape index (κ2) is 8.20. The summed E-state index contributed by atoms with van der Waals surface area (Å²) in [5.41, 5.74) is 0.585. The van der Waals surface area contributed by atoms with Crippen LogP contribution in [0, 0.1) is 5.92 Å². The standard InChI is InChI=1S/C17H23ClN2O3/c1-3-4-16(21)20-9-7-12(8-10-20)17(22)19-15-6-5-13(23-2)11-14(15)18/h5-6,11-12H,3-4,7-10H2,1-2H3,(H,19,22). The summed E-state index contributed by atoms with van der Waals surface area (Å²) in [6.45, 7) is 3.29. The fraction of sp³-hybridized carbons (Fsp3) is 0.529. The van der Waals surface area contributed by atoms with Gasteiger partial charge in [0.25, 0.3) is 0 Å². The lowest BCUT2D eigenvalue weighted by Gasteiger charge is -2.31. The van der Waals surface area contributed by atoms with Gasteiger partial charge in [-0.1, -0.05) is 18.5 Å². The van der Waals surface area contributed by atoms with Crippen LogP contribution in [0.3, 0.4) is 0 Å². The maximum Gasteiger partial charge on any atom is 0.227 e. The largest absolute Gasteiger partial charge is 0.497 e. The maximum atomic E-state index is 12.4. The topological polar surface area (TPSA) is 58.6 Å². The minimum absolute atomic E-state index is 0.0420. The van der Waals surface area contributed by atoms with E-state index in [9.17, 15) is 9.59 Å². The number of nitrogens with zero attached hydrogens (tertiary/aromatic N) is 1. The Morgan fingerprint density at radius 1 is 1.35 bits per heavy atom. The molecular formula is C17H23ClN2O3. The first-order valence-electron chi connectivity index (χ1n) is 7.97. The van der Waals surface area contributed by atoms with Crippen molar-refractivity contribution in [1.82, 2.24) is 4.90 Å². The maximum absolute atomic E-state index is 12.4.